The molecule has 1 N–H and O–H groups in total. The zero-order valence-electron chi connectivity index (χ0n) is 6.36. The van der Waals surface area contributed by atoms with E-state index >= 15 is 0 Å². The van der Waals surface area contributed by atoms with E-state index in [2.05, 4.69) is 0 Å². The molecule has 0 unspecified atom stereocenters. The summed E-state index contributed by atoms with van der Waals surface area (Å²) in [5.41, 5.74) is 0.815. The van der Waals surface area contributed by atoms with Gasteiger partial charge in [-0.1, -0.05) is 30.4 Å². The van der Waals surface area contributed by atoms with Crippen molar-refractivity contribution in [2.45, 2.75) is 6.42 Å². The molecule has 0 aromatic carbocycles. The van der Waals surface area contributed by atoms with Gasteiger partial charge in [-0.2, -0.15) is 0 Å². The molecule has 0 saturated carbocycles. The molecule has 0 aromatic heterocycles. The largest absolute Gasteiger partial charge is 0.478 e. The van der Waals surface area contributed by atoms with Gasteiger partial charge in [-0.3, -0.25) is 0 Å². The molecule has 12 heavy (non-hydrogen) atoms. The molecule has 0 bridgehead atoms. The quantitative estimate of drug-likeness (QED) is 0.520. The molecule has 0 saturated heterocycles. The van der Waals surface area contributed by atoms with Crippen molar-refractivity contribution in [2.24, 2.45) is 0 Å². The minimum atomic E-state index is -0.951. The fraction of sp³-hybridized carbons (Fsp3) is 0.111. The van der Waals surface area contributed by atoms with Crippen molar-refractivity contribution in [3.05, 3.63) is 36.0 Å². The number of carbonyl (C=O) groups is 1. The van der Waals surface area contributed by atoms with Crippen LogP contribution in [0.4, 0.5) is 0 Å². The van der Waals surface area contributed by atoms with Gasteiger partial charge in [0.2, 0.25) is 0 Å². The van der Waals surface area contributed by atoms with Crippen molar-refractivity contribution in [1.82, 2.24) is 0 Å². The minimum absolute atomic E-state index is 0.727. The van der Waals surface area contributed by atoms with Crippen LogP contribution in [0, 0.1) is 0 Å². The Bertz CT molecular complexity index is 298. The molecule has 2 nitrogen and oxygen atoms in total. The second-order valence-electron chi connectivity index (χ2n) is 2.35. The maximum atomic E-state index is 10.2. The van der Waals surface area contributed by atoms with Crippen LogP contribution in [0.25, 0.3) is 0 Å². The molecule has 1 rings (SSSR count). The molecule has 1 aliphatic rings. The Morgan fingerprint density at radius 1 is 1.67 bits per heavy atom. The van der Waals surface area contributed by atoms with Crippen LogP contribution >= 0.6 is 12.2 Å². The van der Waals surface area contributed by atoms with Gasteiger partial charge in [-0.25, -0.2) is 4.79 Å². The van der Waals surface area contributed by atoms with Gasteiger partial charge in [0.1, 0.15) is 0 Å². The third-order valence-electron chi connectivity index (χ3n) is 1.44. The molecule has 0 spiro atoms. The van der Waals surface area contributed by atoms with E-state index in [0.717, 1.165) is 22.9 Å². The van der Waals surface area contributed by atoms with Crippen LogP contribution in [0.3, 0.4) is 0 Å². The third kappa shape index (κ3) is 2.43. The highest BCUT2D eigenvalue weighted by molar-refractivity contribution is 7.80. The van der Waals surface area contributed by atoms with E-state index in [1.54, 1.807) is 0 Å². The van der Waals surface area contributed by atoms with Gasteiger partial charge >= 0.3 is 5.97 Å². The fourth-order valence-corrected chi connectivity index (χ4v) is 1.10. The lowest BCUT2D eigenvalue weighted by Gasteiger charge is -2.04. The molecule has 1 aliphatic carbocycles. The maximum Gasteiger partial charge on any atom is 0.328 e. The van der Waals surface area contributed by atoms with Gasteiger partial charge < -0.3 is 5.11 Å². The Hall–Kier alpha value is -1.22. The zero-order chi connectivity index (χ0) is 8.97. The molecule has 0 amide bonds. The Morgan fingerprint density at radius 3 is 3.00 bits per heavy atom. The first kappa shape index (κ1) is 8.87. The van der Waals surface area contributed by atoms with E-state index < -0.39 is 5.97 Å². The van der Waals surface area contributed by atoms with E-state index in [0.29, 0.717) is 0 Å². The predicted octanol–water partition coefficient (Wildman–Crippen LogP) is 1.88. The Kier molecular flexibility index (Phi) is 2.94. The predicted molar refractivity (Wildman–Crippen MR) is 51.2 cm³/mol. The molecule has 3 heteroatoms. The molecule has 0 heterocycles. The third-order valence-corrected chi connectivity index (χ3v) is 1.84. The number of hydrogen-bond donors (Lipinski definition) is 1. The van der Waals surface area contributed by atoms with Crippen molar-refractivity contribution in [2.75, 3.05) is 0 Å². The topological polar surface area (TPSA) is 37.3 Å². The van der Waals surface area contributed by atoms with E-state index in [9.17, 15) is 4.79 Å². The van der Waals surface area contributed by atoms with Crippen LogP contribution in [0.2, 0.25) is 0 Å². The molecular formula is C9H8O2S. The number of hydrogen-bond acceptors (Lipinski definition) is 2. The monoisotopic (exact) mass is 180 g/mol. The second-order valence-corrected chi connectivity index (χ2v) is 2.84. The van der Waals surface area contributed by atoms with Gasteiger partial charge in [0.25, 0.3) is 0 Å². The lowest BCUT2D eigenvalue weighted by molar-refractivity contribution is -0.131. The van der Waals surface area contributed by atoms with Crippen LogP contribution < -0.4 is 0 Å². The molecule has 0 fully saturated rings. The Morgan fingerprint density at radius 2 is 2.42 bits per heavy atom. The lowest BCUT2D eigenvalue weighted by atomic mass is 10.0. The first-order valence-electron chi connectivity index (χ1n) is 3.51. The minimum Gasteiger partial charge on any atom is -0.478 e. The Balaban J connectivity index is 2.74. The Labute approximate surface area is 75.9 Å². The maximum absolute atomic E-state index is 10.2. The molecule has 62 valence electrons. The normalized spacial score (nSPS) is 16.7. The van der Waals surface area contributed by atoms with Gasteiger partial charge in [0.15, 0.2) is 0 Å². The lowest BCUT2D eigenvalue weighted by Crippen LogP contribution is -1.99. The van der Waals surface area contributed by atoms with Gasteiger partial charge in [-0.05, 0) is 11.6 Å². The number of carboxylic acids is 1. The average Bonchev–Trinajstić information content (AvgIpc) is 2.03. The fourth-order valence-electron chi connectivity index (χ4n) is 0.867. The summed E-state index contributed by atoms with van der Waals surface area (Å²) in [6, 6.07) is 0. The highest BCUT2D eigenvalue weighted by Crippen LogP contribution is 2.10. The van der Waals surface area contributed by atoms with Crippen LogP contribution in [-0.4, -0.2) is 15.9 Å². The summed E-state index contributed by atoms with van der Waals surface area (Å²) in [4.78, 5) is 11.0. The first-order chi connectivity index (χ1) is 5.70. The summed E-state index contributed by atoms with van der Waals surface area (Å²) in [5, 5.41) is 8.36. The standard InChI is InChI=1S/C9H8O2S/c10-9(11)6-5-7-3-1-2-4-8(7)12/h1-3,5-6H,4H2,(H,10,11). The summed E-state index contributed by atoms with van der Waals surface area (Å²) in [7, 11) is 0. The van der Waals surface area contributed by atoms with Crippen molar-refractivity contribution in [1.29, 1.82) is 0 Å². The van der Waals surface area contributed by atoms with Crippen LogP contribution in [0.15, 0.2) is 36.0 Å². The van der Waals surface area contributed by atoms with Gasteiger partial charge in [0, 0.05) is 17.4 Å². The number of thiocarbonyl (C=S) groups is 1. The summed E-state index contributed by atoms with van der Waals surface area (Å²) >= 11 is 5.02. The highest BCUT2D eigenvalue weighted by atomic mass is 32.1. The summed E-state index contributed by atoms with van der Waals surface area (Å²) in [6.07, 6.45) is 8.97. The van der Waals surface area contributed by atoms with E-state index in [1.807, 2.05) is 18.2 Å². The number of rotatable bonds is 2. The summed E-state index contributed by atoms with van der Waals surface area (Å²) < 4.78 is 0. The van der Waals surface area contributed by atoms with Gasteiger partial charge in [0.05, 0.1) is 0 Å². The smallest absolute Gasteiger partial charge is 0.328 e. The van der Waals surface area contributed by atoms with Gasteiger partial charge in [-0.15, -0.1) is 0 Å². The average molecular weight is 180 g/mol. The highest BCUT2D eigenvalue weighted by Gasteiger charge is 2.02. The molecule has 0 aliphatic heterocycles. The summed E-state index contributed by atoms with van der Waals surface area (Å²) in [6.45, 7) is 0. The molecule has 0 radical (unpaired) electrons. The number of allylic oxidation sites excluding steroid dienone is 5. The zero-order valence-corrected chi connectivity index (χ0v) is 7.17. The van der Waals surface area contributed by atoms with Crippen LogP contribution in [0.1, 0.15) is 6.42 Å². The van der Waals surface area contributed by atoms with Crippen molar-refractivity contribution in [3.8, 4) is 0 Å². The van der Waals surface area contributed by atoms with Crippen molar-refractivity contribution >= 4 is 23.1 Å². The second kappa shape index (κ2) is 3.97. The van der Waals surface area contributed by atoms with Crippen molar-refractivity contribution < 1.29 is 9.90 Å². The SMILES string of the molecule is O=C(O)C=CC1=CC=CCC1=S. The first-order valence-corrected chi connectivity index (χ1v) is 3.92. The van der Waals surface area contributed by atoms with Crippen LogP contribution in [-0.2, 0) is 4.79 Å². The van der Waals surface area contributed by atoms with E-state index in [1.165, 1.54) is 6.08 Å². The molecule has 0 aromatic rings. The molecule has 0 atom stereocenters. The molecular weight excluding hydrogens is 172 g/mol. The van der Waals surface area contributed by atoms with Crippen LogP contribution in [0.5, 0.6) is 0 Å². The van der Waals surface area contributed by atoms with E-state index in [4.69, 9.17) is 17.3 Å². The summed E-state index contributed by atoms with van der Waals surface area (Å²) in [5.74, 6) is -0.951. The number of carboxylic acid groups (broad SMARTS) is 1. The van der Waals surface area contributed by atoms with Crippen molar-refractivity contribution in [3.63, 3.8) is 0 Å². The number of aliphatic carboxylic acids is 1. The van der Waals surface area contributed by atoms with E-state index in [-0.39, 0.29) is 0 Å².